The first-order chi connectivity index (χ1) is 26.0. The normalized spacial score (nSPS) is 16.6. The molecule has 5 heteroatoms. The number of rotatable bonds is 2. The summed E-state index contributed by atoms with van der Waals surface area (Å²) in [7, 11) is 0. The lowest BCUT2D eigenvalue weighted by atomic mass is 9.52. The molecule has 0 aliphatic heterocycles. The van der Waals surface area contributed by atoms with Crippen LogP contribution in [0.5, 0.6) is 0 Å². The largest absolute Gasteiger partial charge is 0.454 e. The third kappa shape index (κ3) is 3.62. The summed E-state index contributed by atoms with van der Waals surface area (Å²) in [6.07, 6.45) is 0. The fourth-order valence-corrected chi connectivity index (χ4v) is 9.74. The predicted octanol–water partition coefficient (Wildman–Crippen LogP) is 11.1. The van der Waals surface area contributed by atoms with Gasteiger partial charge in [0, 0.05) is 38.4 Å². The van der Waals surface area contributed by atoms with Crippen molar-refractivity contribution in [1.29, 1.82) is 15.8 Å². The molecule has 9 aromatic rings. The van der Waals surface area contributed by atoms with Crippen molar-refractivity contribution in [1.82, 2.24) is 4.57 Å². The Balaban J connectivity index is 1.21. The number of benzene rings is 7. The van der Waals surface area contributed by atoms with Gasteiger partial charge in [-0.3, -0.25) is 0 Å². The van der Waals surface area contributed by atoms with E-state index >= 15 is 0 Å². The maximum Gasteiger partial charge on any atom is 0.159 e. The summed E-state index contributed by atoms with van der Waals surface area (Å²) >= 11 is 0. The van der Waals surface area contributed by atoms with E-state index in [0.29, 0.717) is 16.7 Å². The second-order valence-electron chi connectivity index (χ2n) is 14.3. The second-order valence-corrected chi connectivity index (χ2v) is 14.3. The zero-order valence-electron chi connectivity index (χ0n) is 28.5. The molecule has 0 saturated heterocycles. The fraction of sp³-hybridized carbons (Fsp3) is 0.0625. The maximum absolute atomic E-state index is 10.7. The van der Waals surface area contributed by atoms with E-state index in [1.54, 1.807) is 0 Å². The van der Waals surface area contributed by atoms with E-state index in [0.717, 1.165) is 93.9 Å². The van der Waals surface area contributed by atoms with Crippen LogP contribution in [0.2, 0.25) is 0 Å². The third-order valence-electron chi connectivity index (χ3n) is 11.8. The van der Waals surface area contributed by atoms with E-state index < -0.39 is 5.41 Å². The molecule has 2 bridgehead atoms. The average Bonchev–Trinajstić information content (AvgIpc) is 3.75. The SMILES string of the molecule is CC12c3ccc(C#N)cc3C(c3cccc(C#N)c31)c1c2ccc(C#N)c1-c1ccc2c(c1)c1ccccc1n2-c1cccc2c1oc1ccccc12. The number of hydrogen-bond acceptors (Lipinski definition) is 4. The maximum atomic E-state index is 10.7. The van der Waals surface area contributed by atoms with Crippen molar-refractivity contribution >= 4 is 43.7 Å². The Labute approximate surface area is 304 Å². The lowest BCUT2D eigenvalue weighted by Gasteiger charge is -2.50. The van der Waals surface area contributed by atoms with Gasteiger partial charge in [0.15, 0.2) is 5.58 Å². The molecule has 3 aliphatic rings. The molecule has 244 valence electrons. The minimum atomic E-state index is -0.664. The summed E-state index contributed by atoms with van der Waals surface area (Å²) in [5, 5.41) is 35.4. The van der Waals surface area contributed by atoms with Crippen molar-refractivity contribution in [2.45, 2.75) is 18.3 Å². The van der Waals surface area contributed by atoms with E-state index in [4.69, 9.17) is 4.42 Å². The summed E-state index contributed by atoms with van der Waals surface area (Å²) in [5.74, 6) is -0.260. The smallest absolute Gasteiger partial charge is 0.159 e. The van der Waals surface area contributed by atoms with Crippen molar-refractivity contribution < 1.29 is 4.42 Å². The molecule has 53 heavy (non-hydrogen) atoms. The van der Waals surface area contributed by atoms with Gasteiger partial charge in [-0.25, -0.2) is 0 Å². The lowest BCUT2D eigenvalue weighted by molar-refractivity contribution is 0.592. The van der Waals surface area contributed by atoms with E-state index in [1.165, 1.54) is 0 Å². The summed E-state index contributed by atoms with van der Waals surface area (Å²) in [6, 6.07) is 52.7. The van der Waals surface area contributed by atoms with E-state index in [9.17, 15) is 15.8 Å². The van der Waals surface area contributed by atoms with Crippen molar-refractivity contribution in [2.75, 3.05) is 0 Å². The van der Waals surface area contributed by atoms with Crippen molar-refractivity contribution in [3.8, 4) is 35.0 Å². The molecule has 0 saturated carbocycles. The first kappa shape index (κ1) is 29.4. The summed E-state index contributed by atoms with van der Waals surface area (Å²) in [5.41, 5.74) is 14.1. The molecule has 0 radical (unpaired) electrons. The Morgan fingerprint density at radius 3 is 2.21 bits per heavy atom. The van der Waals surface area contributed by atoms with Crippen LogP contribution < -0.4 is 0 Å². The number of nitriles is 3. The van der Waals surface area contributed by atoms with Gasteiger partial charge in [-0.2, -0.15) is 15.8 Å². The van der Waals surface area contributed by atoms with E-state index in [-0.39, 0.29) is 5.92 Å². The monoisotopic (exact) mass is 674 g/mol. The average molecular weight is 675 g/mol. The van der Waals surface area contributed by atoms with Gasteiger partial charge in [0.05, 0.1) is 51.6 Å². The molecule has 12 rings (SSSR count). The first-order valence-electron chi connectivity index (χ1n) is 17.6. The predicted molar refractivity (Wildman–Crippen MR) is 207 cm³/mol. The zero-order valence-corrected chi connectivity index (χ0v) is 28.5. The quantitative estimate of drug-likeness (QED) is 0.182. The van der Waals surface area contributed by atoms with Crippen LogP contribution in [0.1, 0.15) is 62.9 Å². The molecule has 0 amide bonds. The lowest BCUT2D eigenvalue weighted by Crippen LogP contribution is -2.41. The number of aromatic nitrogens is 1. The molecule has 2 unspecified atom stereocenters. The number of para-hydroxylation sites is 3. The second kappa shape index (κ2) is 10.3. The molecule has 5 nitrogen and oxygen atoms in total. The molecule has 7 aromatic carbocycles. The molecule has 2 aromatic heterocycles. The molecular weight excluding hydrogens is 649 g/mol. The van der Waals surface area contributed by atoms with Gasteiger partial charge >= 0.3 is 0 Å². The van der Waals surface area contributed by atoms with Gasteiger partial charge < -0.3 is 8.98 Å². The summed E-state index contributed by atoms with van der Waals surface area (Å²) < 4.78 is 8.81. The zero-order chi connectivity index (χ0) is 35.6. The van der Waals surface area contributed by atoms with Gasteiger partial charge in [0.1, 0.15) is 5.58 Å². The van der Waals surface area contributed by atoms with E-state index in [2.05, 4.69) is 115 Å². The van der Waals surface area contributed by atoms with Gasteiger partial charge in [0.2, 0.25) is 0 Å². The van der Waals surface area contributed by atoms with Crippen LogP contribution in [0.25, 0.3) is 60.6 Å². The summed E-state index contributed by atoms with van der Waals surface area (Å²) in [6.45, 7) is 2.19. The van der Waals surface area contributed by atoms with Gasteiger partial charge in [-0.05, 0) is 100 Å². The Kier molecular flexibility index (Phi) is 5.72. The van der Waals surface area contributed by atoms with Gasteiger partial charge in [-0.15, -0.1) is 0 Å². The molecular formula is C48H26N4O. The molecule has 0 fully saturated rings. The topological polar surface area (TPSA) is 89.4 Å². The van der Waals surface area contributed by atoms with Crippen LogP contribution in [-0.2, 0) is 5.41 Å². The van der Waals surface area contributed by atoms with Crippen LogP contribution in [0.15, 0.2) is 138 Å². The Morgan fingerprint density at radius 2 is 1.36 bits per heavy atom. The molecule has 0 N–H and O–H groups in total. The van der Waals surface area contributed by atoms with Gasteiger partial charge in [0.25, 0.3) is 0 Å². The van der Waals surface area contributed by atoms with Gasteiger partial charge in [-0.1, -0.05) is 78.9 Å². The summed E-state index contributed by atoms with van der Waals surface area (Å²) in [4.78, 5) is 0. The number of furan rings is 1. The third-order valence-corrected chi connectivity index (χ3v) is 11.8. The van der Waals surface area contributed by atoms with Crippen LogP contribution in [-0.4, -0.2) is 4.57 Å². The number of nitrogens with zero attached hydrogens (tertiary/aromatic N) is 4. The Morgan fingerprint density at radius 1 is 0.604 bits per heavy atom. The van der Waals surface area contributed by atoms with Crippen molar-refractivity contribution in [3.05, 3.63) is 184 Å². The van der Waals surface area contributed by atoms with Crippen LogP contribution in [0, 0.1) is 34.0 Å². The fourth-order valence-electron chi connectivity index (χ4n) is 9.74. The highest BCUT2D eigenvalue weighted by atomic mass is 16.3. The molecule has 2 heterocycles. The van der Waals surface area contributed by atoms with E-state index in [1.807, 2.05) is 48.5 Å². The molecule has 2 atom stereocenters. The van der Waals surface area contributed by atoms with Crippen molar-refractivity contribution in [2.24, 2.45) is 0 Å². The highest BCUT2D eigenvalue weighted by molar-refractivity contribution is 6.13. The highest BCUT2D eigenvalue weighted by Crippen LogP contribution is 2.62. The standard InChI is InChI=1S/C48H26N4O/c1-48-37-19-16-27(24-49)22-36(37)44(34-12-6-8-30(26-51)46(34)48)45-38(48)20-17-29(25-50)43(45)28-18-21-40-35(23-28)31-9-2-4-13-39(31)52(40)41-14-7-11-33-32-10-3-5-15-42(32)53-47(33)41/h2-23,44H,1H3. The Hall–Kier alpha value is -7.39. The van der Waals surface area contributed by atoms with Crippen LogP contribution >= 0.6 is 0 Å². The van der Waals surface area contributed by atoms with Crippen LogP contribution in [0.3, 0.4) is 0 Å². The Bertz CT molecular complexity index is 3250. The highest BCUT2D eigenvalue weighted by Gasteiger charge is 2.51. The molecule has 3 aliphatic carbocycles. The number of hydrogen-bond donors (Lipinski definition) is 0. The van der Waals surface area contributed by atoms with Crippen molar-refractivity contribution in [3.63, 3.8) is 0 Å². The number of fused-ring (bicyclic) bond motifs is 6. The van der Waals surface area contributed by atoms with Crippen LogP contribution in [0.4, 0.5) is 0 Å². The molecule has 0 spiro atoms. The minimum absolute atomic E-state index is 0.260. The first-order valence-corrected chi connectivity index (χ1v) is 17.6. The minimum Gasteiger partial charge on any atom is -0.454 e.